The highest BCUT2D eigenvalue weighted by Crippen LogP contribution is 2.22. The van der Waals surface area contributed by atoms with Gasteiger partial charge in [0.15, 0.2) is 0 Å². The molecule has 0 fully saturated rings. The van der Waals surface area contributed by atoms with Gasteiger partial charge in [-0.1, -0.05) is 0 Å². The van der Waals surface area contributed by atoms with Gasteiger partial charge in [-0.05, 0) is 38.1 Å². The predicted molar refractivity (Wildman–Crippen MR) is 73.0 cm³/mol. The van der Waals surface area contributed by atoms with Gasteiger partial charge in [0.05, 0.1) is 18.3 Å². The molecule has 2 rings (SSSR count). The Kier molecular flexibility index (Phi) is 4.24. The number of furan rings is 1. The Bertz CT molecular complexity index is 592. The lowest BCUT2D eigenvalue weighted by Gasteiger charge is -2.13. The Morgan fingerprint density at radius 3 is 2.90 bits per heavy atom. The zero-order valence-electron chi connectivity index (χ0n) is 11.3. The molecular weight excluding hydrogens is 260 g/mol. The summed E-state index contributed by atoms with van der Waals surface area (Å²) < 4.78 is 10.7. The highest BCUT2D eigenvalue weighted by Gasteiger charge is 2.10. The molecule has 0 aliphatic rings. The van der Waals surface area contributed by atoms with Gasteiger partial charge in [-0.2, -0.15) is 0 Å². The molecule has 0 unspecified atom stereocenters. The standard InChI is InChI=1S/C14H16N2O4/c1-9(2)19-13-11(4-3-7-15-13)16-8-10-5-6-12(20-10)14(17)18/h3-7,9,16H,8H2,1-2H3,(H,17,18). The van der Waals surface area contributed by atoms with Gasteiger partial charge in [-0.3, -0.25) is 0 Å². The number of carbonyl (C=O) groups is 1. The summed E-state index contributed by atoms with van der Waals surface area (Å²) in [6.45, 7) is 4.20. The molecule has 0 saturated carbocycles. The number of carboxylic acids is 1. The Balaban J connectivity index is 2.04. The maximum atomic E-state index is 10.7. The average molecular weight is 276 g/mol. The first-order valence-corrected chi connectivity index (χ1v) is 6.24. The molecule has 0 aliphatic heterocycles. The third kappa shape index (κ3) is 3.50. The molecule has 2 aromatic heterocycles. The fraction of sp³-hybridized carbons (Fsp3) is 0.286. The van der Waals surface area contributed by atoms with E-state index in [2.05, 4.69) is 10.3 Å². The van der Waals surface area contributed by atoms with Crippen LogP contribution in [0.15, 0.2) is 34.9 Å². The predicted octanol–water partition coefficient (Wildman–Crippen LogP) is 2.77. The zero-order chi connectivity index (χ0) is 14.5. The monoisotopic (exact) mass is 276 g/mol. The van der Waals surface area contributed by atoms with E-state index in [1.807, 2.05) is 19.9 Å². The number of anilines is 1. The number of hydrogen-bond acceptors (Lipinski definition) is 5. The number of rotatable bonds is 6. The van der Waals surface area contributed by atoms with Crippen molar-refractivity contribution >= 4 is 11.7 Å². The van der Waals surface area contributed by atoms with Crippen LogP contribution in [-0.4, -0.2) is 22.2 Å². The van der Waals surface area contributed by atoms with Crippen molar-refractivity contribution in [3.63, 3.8) is 0 Å². The van der Waals surface area contributed by atoms with E-state index in [0.29, 0.717) is 18.2 Å². The van der Waals surface area contributed by atoms with E-state index in [4.69, 9.17) is 14.3 Å². The molecule has 106 valence electrons. The van der Waals surface area contributed by atoms with E-state index in [1.165, 1.54) is 6.07 Å². The van der Waals surface area contributed by atoms with E-state index in [0.717, 1.165) is 5.69 Å². The van der Waals surface area contributed by atoms with Crippen molar-refractivity contribution in [1.29, 1.82) is 0 Å². The molecule has 0 aliphatic carbocycles. The normalized spacial score (nSPS) is 10.6. The fourth-order valence-corrected chi connectivity index (χ4v) is 1.61. The lowest BCUT2D eigenvalue weighted by molar-refractivity contribution is 0.0660. The van der Waals surface area contributed by atoms with Crippen molar-refractivity contribution in [1.82, 2.24) is 4.98 Å². The van der Waals surface area contributed by atoms with Gasteiger partial charge < -0.3 is 19.6 Å². The van der Waals surface area contributed by atoms with Crippen molar-refractivity contribution in [2.24, 2.45) is 0 Å². The Morgan fingerprint density at radius 1 is 1.45 bits per heavy atom. The summed E-state index contributed by atoms with van der Waals surface area (Å²) in [5, 5.41) is 11.9. The summed E-state index contributed by atoms with van der Waals surface area (Å²) in [6, 6.07) is 6.68. The van der Waals surface area contributed by atoms with Crippen LogP contribution in [0, 0.1) is 0 Å². The molecular formula is C14H16N2O4. The van der Waals surface area contributed by atoms with Crippen LogP contribution in [0.5, 0.6) is 5.88 Å². The highest BCUT2D eigenvalue weighted by molar-refractivity contribution is 5.84. The molecule has 0 atom stereocenters. The topological polar surface area (TPSA) is 84.6 Å². The summed E-state index contributed by atoms with van der Waals surface area (Å²) in [7, 11) is 0. The van der Waals surface area contributed by atoms with Crippen molar-refractivity contribution < 1.29 is 19.1 Å². The molecule has 0 saturated heterocycles. The molecule has 6 heteroatoms. The van der Waals surface area contributed by atoms with Crippen molar-refractivity contribution in [3.05, 3.63) is 42.0 Å². The number of aromatic nitrogens is 1. The molecule has 2 aromatic rings. The second kappa shape index (κ2) is 6.10. The number of nitrogens with zero attached hydrogens (tertiary/aromatic N) is 1. The largest absolute Gasteiger partial charge is 0.475 e. The molecule has 0 bridgehead atoms. The molecule has 20 heavy (non-hydrogen) atoms. The minimum Gasteiger partial charge on any atom is -0.475 e. The number of ether oxygens (including phenoxy) is 1. The number of hydrogen-bond donors (Lipinski definition) is 2. The number of pyridine rings is 1. The van der Waals surface area contributed by atoms with E-state index in [-0.39, 0.29) is 11.9 Å². The van der Waals surface area contributed by atoms with E-state index >= 15 is 0 Å². The second-order valence-electron chi connectivity index (χ2n) is 4.45. The summed E-state index contributed by atoms with van der Waals surface area (Å²) in [5.41, 5.74) is 0.731. The molecule has 2 N–H and O–H groups in total. The zero-order valence-corrected chi connectivity index (χ0v) is 11.3. The summed E-state index contributed by atoms with van der Waals surface area (Å²) in [6.07, 6.45) is 1.67. The van der Waals surface area contributed by atoms with E-state index in [1.54, 1.807) is 18.3 Å². The minimum absolute atomic E-state index is 0.0210. The van der Waals surface area contributed by atoms with Crippen LogP contribution in [0.3, 0.4) is 0 Å². The molecule has 0 radical (unpaired) electrons. The van der Waals surface area contributed by atoms with Crippen LogP contribution in [0.4, 0.5) is 5.69 Å². The fourth-order valence-electron chi connectivity index (χ4n) is 1.61. The molecule has 0 amide bonds. The lowest BCUT2D eigenvalue weighted by Crippen LogP contribution is -2.09. The molecule has 0 spiro atoms. The van der Waals surface area contributed by atoms with Crippen LogP contribution in [0.1, 0.15) is 30.2 Å². The van der Waals surface area contributed by atoms with Gasteiger partial charge in [0.1, 0.15) is 5.76 Å². The first kappa shape index (κ1) is 13.9. The van der Waals surface area contributed by atoms with Gasteiger partial charge in [0.2, 0.25) is 11.6 Å². The summed E-state index contributed by atoms with van der Waals surface area (Å²) >= 11 is 0. The average Bonchev–Trinajstić information content (AvgIpc) is 2.86. The number of carboxylic acid groups (broad SMARTS) is 1. The number of nitrogens with one attached hydrogen (secondary N) is 1. The van der Waals surface area contributed by atoms with Crippen LogP contribution >= 0.6 is 0 Å². The highest BCUT2D eigenvalue weighted by atomic mass is 16.5. The Hall–Kier alpha value is -2.50. The molecule has 0 aromatic carbocycles. The van der Waals surface area contributed by atoms with Crippen molar-refractivity contribution in [2.45, 2.75) is 26.5 Å². The van der Waals surface area contributed by atoms with Gasteiger partial charge in [0, 0.05) is 6.20 Å². The van der Waals surface area contributed by atoms with Crippen LogP contribution in [0.2, 0.25) is 0 Å². The van der Waals surface area contributed by atoms with Crippen LogP contribution in [0.25, 0.3) is 0 Å². The van der Waals surface area contributed by atoms with Crippen LogP contribution < -0.4 is 10.1 Å². The van der Waals surface area contributed by atoms with Gasteiger partial charge >= 0.3 is 5.97 Å². The second-order valence-corrected chi connectivity index (χ2v) is 4.45. The van der Waals surface area contributed by atoms with Crippen molar-refractivity contribution in [2.75, 3.05) is 5.32 Å². The van der Waals surface area contributed by atoms with Gasteiger partial charge in [-0.25, -0.2) is 9.78 Å². The van der Waals surface area contributed by atoms with Crippen molar-refractivity contribution in [3.8, 4) is 5.88 Å². The van der Waals surface area contributed by atoms with Crippen LogP contribution in [-0.2, 0) is 6.54 Å². The SMILES string of the molecule is CC(C)Oc1ncccc1NCc1ccc(C(=O)O)o1. The molecule has 2 heterocycles. The maximum absolute atomic E-state index is 10.7. The number of aromatic carboxylic acids is 1. The summed E-state index contributed by atoms with van der Waals surface area (Å²) in [4.78, 5) is 14.9. The summed E-state index contributed by atoms with van der Waals surface area (Å²) in [5.74, 6) is -0.123. The Morgan fingerprint density at radius 2 is 2.25 bits per heavy atom. The third-order valence-electron chi connectivity index (χ3n) is 2.44. The lowest BCUT2D eigenvalue weighted by atomic mass is 10.3. The smallest absolute Gasteiger partial charge is 0.371 e. The van der Waals surface area contributed by atoms with E-state index in [9.17, 15) is 4.79 Å². The van der Waals surface area contributed by atoms with Gasteiger partial charge in [-0.15, -0.1) is 0 Å². The minimum atomic E-state index is -1.08. The van der Waals surface area contributed by atoms with E-state index < -0.39 is 5.97 Å². The molecule has 6 nitrogen and oxygen atoms in total. The first-order chi connectivity index (χ1) is 9.56. The Labute approximate surface area is 116 Å². The quantitative estimate of drug-likeness (QED) is 0.844. The van der Waals surface area contributed by atoms with Gasteiger partial charge in [0.25, 0.3) is 0 Å². The maximum Gasteiger partial charge on any atom is 0.371 e. The third-order valence-corrected chi connectivity index (χ3v) is 2.44. The first-order valence-electron chi connectivity index (χ1n) is 6.24.